The Morgan fingerprint density at radius 1 is 1.26 bits per heavy atom. The summed E-state index contributed by atoms with van der Waals surface area (Å²) in [6.45, 7) is 10.3. The van der Waals surface area contributed by atoms with E-state index >= 15 is 0 Å². The molecule has 1 aliphatic carbocycles. The molecule has 2 heteroatoms. The lowest BCUT2D eigenvalue weighted by atomic mass is 9.76. The first-order valence-corrected chi connectivity index (χ1v) is 8.33. The van der Waals surface area contributed by atoms with Crippen LogP contribution in [-0.2, 0) is 0 Å². The summed E-state index contributed by atoms with van der Waals surface area (Å²) < 4.78 is 0. The van der Waals surface area contributed by atoms with Gasteiger partial charge in [0.25, 0.3) is 0 Å². The normalized spacial score (nSPS) is 29.2. The first kappa shape index (κ1) is 16.5. The third-order valence-electron chi connectivity index (χ3n) is 5.02. The zero-order valence-electron chi connectivity index (χ0n) is 13.4. The molecule has 0 amide bonds. The molecular weight excluding hydrogens is 232 g/mol. The van der Waals surface area contributed by atoms with Gasteiger partial charge >= 0.3 is 0 Å². The van der Waals surface area contributed by atoms with E-state index in [0.717, 1.165) is 12.3 Å². The van der Waals surface area contributed by atoms with E-state index in [4.69, 9.17) is 0 Å². The molecule has 0 aromatic carbocycles. The molecule has 0 heterocycles. The van der Waals surface area contributed by atoms with Crippen LogP contribution in [0, 0.1) is 23.2 Å². The van der Waals surface area contributed by atoms with Crippen LogP contribution < -0.4 is 0 Å². The van der Waals surface area contributed by atoms with Crippen LogP contribution in [0.15, 0.2) is 0 Å². The van der Waals surface area contributed by atoms with E-state index in [9.17, 15) is 5.26 Å². The van der Waals surface area contributed by atoms with Crippen LogP contribution in [0.5, 0.6) is 0 Å². The lowest BCUT2D eigenvalue weighted by Gasteiger charge is -2.43. The lowest BCUT2D eigenvalue weighted by Crippen LogP contribution is -2.48. The van der Waals surface area contributed by atoms with Gasteiger partial charge in [0.05, 0.1) is 12.0 Å². The monoisotopic (exact) mass is 264 g/mol. The summed E-state index contributed by atoms with van der Waals surface area (Å²) >= 11 is 0. The molecule has 0 bridgehead atoms. The van der Waals surface area contributed by atoms with Crippen LogP contribution >= 0.6 is 0 Å². The second kappa shape index (κ2) is 8.59. The van der Waals surface area contributed by atoms with Crippen LogP contribution in [0.25, 0.3) is 0 Å². The van der Waals surface area contributed by atoms with Gasteiger partial charge in [-0.05, 0) is 51.5 Å². The standard InChI is InChI=1S/C17H32N2/c1-5-8-11-19(14(4)6-2)17-12-15(7-3)9-10-16(17)13-18/h14-17H,5-12H2,1-4H3. The van der Waals surface area contributed by atoms with Crippen molar-refractivity contribution < 1.29 is 0 Å². The Hall–Kier alpha value is -0.550. The van der Waals surface area contributed by atoms with E-state index in [0.29, 0.717) is 12.1 Å². The van der Waals surface area contributed by atoms with Crippen molar-refractivity contribution in [3.8, 4) is 6.07 Å². The highest BCUT2D eigenvalue weighted by Crippen LogP contribution is 2.35. The third kappa shape index (κ3) is 4.49. The molecular formula is C17H32N2. The highest BCUT2D eigenvalue weighted by Gasteiger charge is 2.35. The molecule has 1 rings (SSSR count). The zero-order chi connectivity index (χ0) is 14.3. The molecule has 1 saturated carbocycles. The molecule has 0 N–H and O–H groups in total. The van der Waals surface area contributed by atoms with E-state index in [2.05, 4.69) is 38.7 Å². The van der Waals surface area contributed by atoms with E-state index in [1.165, 1.54) is 45.1 Å². The molecule has 110 valence electrons. The molecule has 1 fully saturated rings. The fourth-order valence-electron chi connectivity index (χ4n) is 3.41. The van der Waals surface area contributed by atoms with Crippen LogP contribution in [0.2, 0.25) is 0 Å². The molecule has 2 nitrogen and oxygen atoms in total. The molecule has 0 radical (unpaired) electrons. The summed E-state index contributed by atoms with van der Waals surface area (Å²) in [4.78, 5) is 2.65. The minimum absolute atomic E-state index is 0.258. The number of nitrogens with zero attached hydrogens (tertiary/aromatic N) is 2. The van der Waals surface area contributed by atoms with Gasteiger partial charge in [-0.2, -0.15) is 5.26 Å². The van der Waals surface area contributed by atoms with Gasteiger partial charge in [-0.3, -0.25) is 4.90 Å². The van der Waals surface area contributed by atoms with Crippen molar-refractivity contribution in [2.75, 3.05) is 6.54 Å². The number of hydrogen-bond donors (Lipinski definition) is 0. The van der Waals surface area contributed by atoms with Crippen molar-refractivity contribution >= 4 is 0 Å². The summed E-state index contributed by atoms with van der Waals surface area (Å²) in [6, 6.07) is 3.71. The zero-order valence-corrected chi connectivity index (χ0v) is 13.4. The van der Waals surface area contributed by atoms with Crippen molar-refractivity contribution in [1.82, 2.24) is 4.90 Å². The van der Waals surface area contributed by atoms with E-state index < -0.39 is 0 Å². The Morgan fingerprint density at radius 3 is 2.53 bits per heavy atom. The van der Waals surface area contributed by atoms with Gasteiger partial charge in [0, 0.05) is 12.1 Å². The maximum atomic E-state index is 9.47. The predicted octanol–water partition coefficient (Wildman–Crippen LogP) is 4.61. The van der Waals surface area contributed by atoms with Crippen molar-refractivity contribution in [2.24, 2.45) is 11.8 Å². The van der Waals surface area contributed by atoms with Crippen molar-refractivity contribution in [3.05, 3.63) is 0 Å². The second-order valence-electron chi connectivity index (χ2n) is 6.24. The van der Waals surface area contributed by atoms with Gasteiger partial charge in [0.2, 0.25) is 0 Å². The van der Waals surface area contributed by atoms with E-state index in [1.807, 2.05) is 0 Å². The minimum Gasteiger partial charge on any atom is -0.296 e. The van der Waals surface area contributed by atoms with Gasteiger partial charge in [-0.1, -0.05) is 33.6 Å². The average molecular weight is 264 g/mol. The SMILES string of the molecule is CCCCN(C(C)CC)C1CC(CC)CCC1C#N. The summed E-state index contributed by atoms with van der Waals surface area (Å²) in [5, 5.41) is 9.47. The van der Waals surface area contributed by atoms with E-state index in [-0.39, 0.29) is 5.92 Å². The van der Waals surface area contributed by atoms with Gasteiger partial charge in [-0.25, -0.2) is 0 Å². The second-order valence-corrected chi connectivity index (χ2v) is 6.24. The number of rotatable bonds is 7. The predicted molar refractivity (Wildman–Crippen MR) is 81.9 cm³/mol. The summed E-state index contributed by atoms with van der Waals surface area (Å²) in [5.74, 6) is 1.09. The van der Waals surface area contributed by atoms with Gasteiger partial charge in [0.1, 0.15) is 0 Å². The van der Waals surface area contributed by atoms with Gasteiger partial charge in [0.15, 0.2) is 0 Å². The average Bonchev–Trinajstić information content (AvgIpc) is 2.46. The fraction of sp³-hybridized carbons (Fsp3) is 0.941. The number of nitriles is 1. The van der Waals surface area contributed by atoms with Crippen molar-refractivity contribution in [1.29, 1.82) is 5.26 Å². The molecule has 0 aromatic heterocycles. The Morgan fingerprint density at radius 2 is 2.00 bits per heavy atom. The summed E-state index contributed by atoms with van der Waals surface area (Å²) in [6.07, 6.45) is 8.57. The molecule has 0 aromatic rings. The topological polar surface area (TPSA) is 27.0 Å². The number of unbranched alkanes of at least 4 members (excludes halogenated alkanes) is 1. The van der Waals surface area contributed by atoms with Crippen LogP contribution in [0.1, 0.15) is 72.6 Å². The maximum absolute atomic E-state index is 9.47. The molecule has 0 spiro atoms. The number of hydrogen-bond acceptors (Lipinski definition) is 2. The summed E-state index contributed by atoms with van der Waals surface area (Å²) in [5.41, 5.74) is 0. The first-order valence-electron chi connectivity index (χ1n) is 8.33. The summed E-state index contributed by atoms with van der Waals surface area (Å²) in [7, 11) is 0. The fourth-order valence-corrected chi connectivity index (χ4v) is 3.41. The van der Waals surface area contributed by atoms with Gasteiger partial charge in [-0.15, -0.1) is 0 Å². The highest BCUT2D eigenvalue weighted by atomic mass is 15.2. The maximum Gasteiger partial charge on any atom is 0.0672 e. The molecule has 1 aliphatic rings. The highest BCUT2D eigenvalue weighted by molar-refractivity contribution is 4.98. The Balaban J connectivity index is 2.79. The van der Waals surface area contributed by atoms with Crippen LogP contribution in [0.3, 0.4) is 0 Å². The van der Waals surface area contributed by atoms with Crippen LogP contribution in [-0.4, -0.2) is 23.5 Å². The largest absolute Gasteiger partial charge is 0.296 e. The first-order chi connectivity index (χ1) is 9.17. The Labute approximate surface area is 120 Å². The van der Waals surface area contributed by atoms with Crippen LogP contribution in [0.4, 0.5) is 0 Å². The minimum atomic E-state index is 0.258. The Kier molecular flexibility index (Phi) is 7.46. The molecule has 19 heavy (non-hydrogen) atoms. The van der Waals surface area contributed by atoms with E-state index in [1.54, 1.807) is 0 Å². The molecule has 4 atom stereocenters. The van der Waals surface area contributed by atoms with Crippen molar-refractivity contribution in [3.63, 3.8) is 0 Å². The molecule has 0 aliphatic heterocycles. The Bertz CT molecular complexity index is 281. The lowest BCUT2D eigenvalue weighted by molar-refractivity contribution is 0.0641. The smallest absolute Gasteiger partial charge is 0.0672 e. The third-order valence-corrected chi connectivity index (χ3v) is 5.02. The molecule has 4 unspecified atom stereocenters. The molecule has 0 saturated heterocycles. The van der Waals surface area contributed by atoms with Gasteiger partial charge < -0.3 is 0 Å². The quantitative estimate of drug-likeness (QED) is 0.671. The van der Waals surface area contributed by atoms with Crippen molar-refractivity contribution in [2.45, 2.75) is 84.7 Å².